The summed E-state index contributed by atoms with van der Waals surface area (Å²) in [6, 6.07) is 18.1. The van der Waals surface area contributed by atoms with Crippen molar-refractivity contribution in [2.45, 2.75) is 24.8 Å². The van der Waals surface area contributed by atoms with E-state index in [2.05, 4.69) is 10.0 Å². The number of anilines is 1. The lowest BCUT2D eigenvalue weighted by atomic mass is 10.1. The van der Waals surface area contributed by atoms with Crippen molar-refractivity contribution in [2.24, 2.45) is 0 Å². The number of methoxy groups -OCH3 is 1. The van der Waals surface area contributed by atoms with E-state index in [0.29, 0.717) is 5.56 Å². The smallest absolute Gasteiger partial charge is 0.261 e. The molecule has 3 rings (SSSR count). The minimum atomic E-state index is -3.79. The average Bonchev–Trinajstić information content (AvgIpc) is 2.75. The van der Waals surface area contributed by atoms with Crippen molar-refractivity contribution >= 4 is 33.2 Å². The highest BCUT2D eigenvalue weighted by Gasteiger charge is 2.18. The van der Waals surface area contributed by atoms with E-state index in [1.54, 1.807) is 19.2 Å². The third kappa shape index (κ3) is 5.57. The fourth-order valence-corrected chi connectivity index (χ4v) is 4.28. The molecule has 162 valence electrons. The second-order valence-corrected chi connectivity index (χ2v) is 9.17. The van der Waals surface area contributed by atoms with Gasteiger partial charge in [-0.3, -0.25) is 9.52 Å². The van der Waals surface area contributed by atoms with Crippen LogP contribution in [-0.2, 0) is 10.0 Å². The van der Waals surface area contributed by atoms with Gasteiger partial charge in [0.1, 0.15) is 5.75 Å². The summed E-state index contributed by atoms with van der Waals surface area (Å²) in [7, 11) is -2.20. The molecule has 0 aliphatic heterocycles. The molecule has 0 saturated heterocycles. The van der Waals surface area contributed by atoms with Gasteiger partial charge in [0.05, 0.1) is 28.8 Å². The summed E-state index contributed by atoms with van der Waals surface area (Å²) in [5, 5.41) is 3.02. The number of carbonyl (C=O) groups excluding carboxylic acids is 1. The first kappa shape index (κ1) is 22.7. The van der Waals surface area contributed by atoms with Crippen LogP contribution in [0.2, 0.25) is 5.02 Å². The van der Waals surface area contributed by atoms with E-state index in [4.69, 9.17) is 16.3 Å². The Morgan fingerprint density at radius 1 is 1.00 bits per heavy atom. The fraction of sp³-hybridized carbons (Fsp3) is 0.174. The van der Waals surface area contributed by atoms with E-state index in [1.165, 1.54) is 30.3 Å². The molecule has 0 bridgehead atoms. The van der Waals surface area contributed by atoms with Crippen LogP contribution in [0.4, 0.5) is 5.69 Å². The lowest BCUT2D eigenvalue weighted by molar-refractivity contribution is 0.0940. The second-order valence-electron chi connectivity index (χ2n) is 7.08. The molecule has 0 unspecified atom stereocenters. The van der Waals surface area contributed by atoms with Crippen LogP contribution in [0.15, 0.2) is 71.6 Å². The number of benzene rings is 3. The first-order chi connectivity index (χ1) is 14.7. The lowest BCUT2D eigenvalue weighted by Gasteiger charge is -2.16. The Bertz CT molecular complexity index is 1180. The summed E-state index contributed by atoms with van der Waals surface area (Å²) >= 11 is 6.26. The van der Waals surface area contributed by atoms with Gasteiger partial charge in [-0.2, -0.15) is 0 Å². The molecule has 3 aromatic rings. The van der Waals surface area contributed by atoms with Crippen molar-refractivity contribution in [1.29, 1.82) is 0 Å². The molecule has 1 atom stereocenters. The van der Waals surface area contributed by atoms with E-state index in [-0.39, 0.29) is 27.6 Å². The van der Waals surface area contributed by atoms with E-state index >= 15 is 0 Å². The second kappa shape index (κ2) is 9.41. The SMILES string of the molecule is COc1ccc([C@@H](C)NC(=O)c2ccc(NS(=O)(=O)c3ccc(C)cc3)c(Cl)c2)cc1. The Hall–Kier alpha value is -3.03. The largest absolute Gasteiger partial charge is 0.497 e. The third-order valence-corrected chi connectivity index (χ3v) is 6.46. The van der Waals surface area contributed by atoms with Gasteiger partial charge in [-0.15, -0.1) is 0 Å². The molecule has 6 nitrogen and oxygen atoms in total. The van der Waals surface area contributed by atoms with Gasteiger partial charge in [0, 0.05) is 5.56 Å². The number of hydrogen-bond donors (Lipinski definition) is 2. The summed E-state index contributed by atoms with van der Waals surface area (Å²) in [5.41, 5.74) is 2.39. The van der Waals surface area contributed by atoms with Crippen LogP contribution in [0.25, 0.3) is 0 Å². The zero-order chi connectivity index (χ0) is 22.6. The number of ether oxygens (including phenoxy) is 1. The molecular weight excluding hydrogens is 436 g/mol. The Balaban J connectivity index is 1.72. The molecule has 2 N–H and O–H groups in total. The summed E-state index contributed by atoms with van der Waals surface area (Å²) in [6.45, 7) is 3.74. The lowest BCUT2D eigenvalue weighted by Crippen LogP contribution is -2.26. The highest BCUT2D eigenvalue weighted by molar-refractivity contribution is 7.92. The Morgan fingerprint density at radius 2 is 1.65 bits per heavy atom. The first-order valence-electron chi connectivity index (χ1n) is 9.53. The summed E-state index contributed by atoms with van der Waals surface area (Å²) in [4.78, 5) is 12.7. The monoisotopic (exact) mass is 458 g/mol. The number of sulfonamides is 1. The first-order valence-corrected chi connectivity index (χ1v) is 11.4. The predicted molar refractivity (Wildman–Crippen MR) is 122 cm³/mol. The van der Waals surface area contributed by atoms with Crippen LogP contribution >= 0.6 is 11.6 Å². The summed E-state index contributed by atoms with van der Waals surface area (Å²) < 4.78 is 32.8. The van der Waals surface area contributed by atoms with E-state index in [0.717, 1.165) is 16.9 Å². The van der Waals surface area contributed by atoms with E-state index < -0.39 is 10.0 Å². The standard InChI is InChI=1S/C23H23ClN2O4S/c1-15-4-11-20(12-5-15)31(28,29)26-22-13-8-18(14-21(22)24)23(27)25-16(2)17-6-9-19(30-3)10-7-17/h4-14,16,26H,1-3H3,(H,25,27)/t16-/m1/s1. The van der Waals surface area contributed by atoms with Crippen molar-refractivity contribution in [1.82, 2.24) is 5.32 Å². The zero-order valence-corrected chi connectivity index (χ0v) is 18.9. The van der Waals surface area contributed by atoms with Crippen LogP contribution in [-0.4, -0.2) is 21.4 Å². The number of amides is 1. The van der Waals surface area contributed by atoms with Gasteiger partial charge >= 0.3 is 0 Å². The molecule has 0 aliphatic rings. The van der Waals surface area contributed by atoms with Crippen molar-refractivity contribution in [3.8, 4) is 5.75 Å². The van der Waals surface area contributed by atoms with Crippen LogP contribution in [0.3, 0.4) is 0 Å². The van der Waals surface area contributed by atoms with Crippen LogP contribution in [0, 0.1) is 6.92 Å². The molecule has 0 spiro atoms. The molecule has 0 saturated carbocycles. The molecule has 31 heavy (non-hydrogen) atoms. The van der Waals surface area contributed by atoms with Gasteiger partial charge in [-0.1, -0.05) is 41.4 Å². The maximum absolute atomic E-state index is 12.6. The van der Waals surface area contributed by atoms with Gasteiger partial charge in [0.2, 0.25) is 0 Å². The quantitative estimate of drug-likeness (QED) is 0.524. The van der Waals surface area contributed by atoms with Crippen molar-refractivity contribution in [2.75, 3.05) is 11.8 Å². The molecule has 0 aromatic heterocycles. The maximum atomic E-state index is 12.6. The molecule has 0 aliphatic carbocycles. The number of nitrogens with one attached hydrogen (secondary N) is 2. The van der Waals surface area contributed by atoms with Gasteiger partial charge in [0.15, 0.2) is 0 Å². The average molecular weight is 459 g/mol. The minimum Gasteiger partial charge on any atom is -0.497 e. The van der Waals surface area contributed by atoms with Crippen molar-refractivity contribution < 1.29 is 17.9 Å². The maximum Gasteiger partial charge on any atom is 0.261 e. The Labute approximate surface area is 187 Å². The van der Waals surface area contributed by atoms with Gasteiger partial charge in [0.25, 0.3) is 15.9 Å². The summed E-state index contributed by atoms with van der Waals surface area (Å²) in [6.07, 6.45) is 0. The van der Waals surface area contributed by atoms with Crippen molar-refractivity contribution in [3.63, 3.8) is 0 Å². The van der Waals surface area contributed by atoms with Crippen LogP contribution in [0.5, 0.6) is 5.75 Å². The van der Waals surface area contributed by atoms with Gasteiger partial charge < -0.3 is 10.1 Å². The number of aryl methyl sites for hydroxylation is 1. The number of carbonyl (C=O) groups is 1. The molecule has 0 radical (unpaired) electrons. The molecule has 8 heteroatoms. The topological polar surface area (TPSA) is 84.5 Å². The normalized spacial score (nSPS) is 12.1. The Kier molecular flexibility index (Phi) is 6.87. The number of rotatable bonds is 7. The fourth-order valence-electron chi connectivity index (χ4n) is 2.92. The molecular formula is C23H23ClN2O4S. The van der Waals surface area contributed by atoms with Crippen LogP contribution < -0.4 is 14.8 Å². The molecule has 0 fully saturated rings. The minimum absolute atomic E-state index is 0.125. The van der Waals surface area contributed by atoms with E-state index in [1.807, 2.05) is 38.1 Å². The highest BCUT2D eigenvalue weighted by Crippen LogP contribution is 2.26. The number of hydrogen-bond acceptors (Lipinski definition) is 4. The highest BCUT2D eigenvalue weighted by atomic mass is 35.5. The Morgan fingerprint density at radius 3 is 2.23 bits per heavy atom. The van der Waals surface area contributed by atoms with Crippen molar-refractivity contribution in [3.05, 3.63) is 88.4 Å². The molecule has 0 heterocycles. The van der Waals surface area contributed by atoms with Gasteiger partial charge in [-0.25, -0.2) is 8.42 Å². The summed E-state index contributed by atoms with van der Waals surface area (Å²) in [5.74, 6) is 0.413. The zero-order valence-electron chi connectivity index (χ0n) is 17.3. The predicted octanol–water partition coefficient (Wildman–Crippen LogP) is 4.95. The molecule has 1 amide bonds. The van der Waals surface area contributed by atoms with Crippen LogP contribution in [0.1, 0.15) is 34.5 Å². The number of halogens is 1. The third-order valence-electron chi connectivity index (χ3n) is 4.77. The van der Waals surface area contributed by atoms with E-state index in [9.17, 15) is 13.2 Å². The molecule has 3 aromatic carbocycles. The van der Waals surface area contributed by atoms with Gasteiger partial charge in [-0.05, 0) is 61.9 Å².